The van der Waals surface area contributed by atoms with Gasteiger partial charge in [-0.3, -0.25) is 9.00 Å². The third kappa shape index (κ3) is 2.32. The summed E-state index contributed by atoms with van der Waals surface area (Å²) >= 11 is 0. The molecule has 0 saturated carbocycles. The molecule has 1 aliphatic heterocycles. The Bertz CT molecular complexity index is 636. The molecular formula is C11H13NO4S2. The van der Waals surface area contributed by atoms with Gasteiger partial charge in [-0.05, 0) is 12.1 Å². The zero-order valence-corrected chi connectivity index (χ0v) is 11.6. The number of benzene rings is 1. The molecule has 1 amide bonds. The average Bonchev–Trinajstić information content (AvgIpc) is 2.36. The highest BCUT2D eigenvalue weighted by Crippen LogP contribution is 2.31. The Hall–Kier alpha value is -1.21. The second-order valence-electron chi connectivity index (χ2n) is 4.30. The molecule has 0 bridgehead atoms. The van der Waals surface area contributed by atoms with Gasteiger partial charge in [-0.2, -0.15) is 0 Å². The van der Waals surface area contributed by atoms with Gasteiger partial charge >= 0.3 is 0 Å². The molecule has 1 aromatic rings. The lowest BCUT2D eigenvalue weighted by Gasteiger charge is -2.10. The number of fused-ring (bicyclic) bond motifs is 1. The maximum Gasteiger partial charge on any atom is 0.228 e. The van der Waals surface area contributed by atoms with E-state index in [1.54, 1.807) is 13.0 Å². The molecule has 1 N–H and O–H groups in total. The smallest absolute Gasteiger partial charge is 0.228 e. The molecule has 2 atom stereocenters. The van der Waals surface area contributed by atoms with E-state index in [1.165, 1.54) is 12.1 Å². The van der Waals surface area contributed by atoms with E-state index in [0.717, 1.165) is 6.26 Å². The number of anilines is 1. The first-order valence-electron chi connectivity index (χ1n) is 5.33. The van der Waals surface area contributed by atoms with Crippen LogP contribution in [-0.4, -0.2) is 30.5 Å². The van der Waals surface area contributed by atoms with Crippen LogP contribution < -0.4 is 5.32 Å². The van der Waals surface area contributed by atoms with Gasteiger partial charge in [0.15, 0.2) is 9.84 Å². The minimum absolute atomic E-state index is 0.0100. The van der Waals surface area contributed by atoms with E-state index in [1.807, 2.05) is 0 Å². The van der Waals surface area contributed by atoms with Gasteiger partial charge in [-0.25, -0.2) is 8.42 Å². The molecule has 0 aliphatic carbocycles. The highest BCUT2D eigenvalue weighted by atomic mass is 32.2. The van der Waals surface area contributed by atoms with Crippen LogP contribution in [0, 0.1) is 5.92 Å². The minimum atomic E-state index is -3.47. The summed E-state index contributed by atoms with van der Waals surface area (Å²) in [5.41, 5.74) is 0.160. The molecule has 5 nitrogen and oxygen atoms in total. The molecule has 2 rings (SSSR count). The van der Waals surface area contributed by atoms with E-state index in [9.17, 15) is 17.4 Å². The van der Waals surface area contributed by atoms with Crippen LogP contribution in [0.2, 0.25) is 0 Å². The molecule has 7 heteroatoms. The molecule has 18 heavy (non-hydrogen) atoms. The van der Waals surface area contributed by atoms with Crippen LogP contribution in [0.5, 0.6) is 0 Å². The molecule has 1 aliphatic rings. The van der Waals surface area contributed by atoms with Crippen LogP contribution in [-0.2, 0) is 25.4 Å². The van der Waals surface area contributed by atoms with E-state index in [2.05, 4.69) is 5.32 Å². The van der Waals surface area contributed by atoms with Crippen LogP contribution >= 0.6 is 0 Å². The average molecular weight is 287 g/mol. The van der Waals surface area contributed by atoms with Crippen LogP contribution in [0.25, 0.3) is 0 Å². The fraction of sp³-hybridized carbons (Fsp3) is 0.364. The lowest BCUT2D eigenvalue weighted by Crippen LogP contribution is -2.22. The Kier molecular flexibility index (Phi) is 3.29. The highest BCUT2D eigenvalue weighted by molar-refractivity contribution is 7.91. The normalized spacial score (nSPS) is 24.0. The second-order valence-corrected chi connectivity index (χ2v) is 7.75. The maximum absolute atomic E-state index is 12.1. The van der Waals surface area contributed by atoms with Crippen LogP contribution in [0.15, 0.2) is 28.0 Å². The fourth-order valence-electron chi connectivity index (χ4n) is 1.77. The van der Waals surface area contributed by atoms with Gasteiger partial charge in [0.05, 0.1) is 26.3 Å². The number of carbonyl (C=O) groups is 1. The Labute approximate surface area is 108 Å². The number of hydrogen-bond donors (Lipinski definition) is 1. The molecule has 1 aromatic carbocycles. The Balaban J connectivity index is 2.70. The number of nitrogens with one attached hydrogen (secondary N) is 1. The molecule has 0 spiro atoms. The van der Waals surface area contributed by atoms with Crippen molar-refractivity contribution in [2.75, 3.05) is 17.3 Å². The first-order valence-corrected chi connectivity index (χ1v) is 8.54. The summed E-state index contributed by atoms with van der Waals surface area (Å²) in [6.45, 7) is 1.67. The third-order valence-electron chi connectivity index (χ3n) is 2.73. The number of rotatable bonds is 1. The van der Waals surface area contributed by atoms with Gasteiger partial charge in [0.25, 0.3) is 0 Å². The topological polar surface area (TPSA) is 80.3 Å². The molecule has 1 heterocycles. The summed E-state index contributed by atoms with van der Waals surface area (Å²) in [7, 11) is -4.85. The van der Waals surface area contributed by atoms with Crippen molar-refractivity contribution < 1.29 is 17.4 Å². The van der Waals surface area contributed by atoms with Crippen molar-refractivity contribution in [3.05, 3.63) is 18.2 Å². The molecule has 0 fully saturated rings. The molecule has 0 aromatic heterocycles. The largest absolute Gasteiger partial charge is 0.324 e. The van der Waals surface area contributed by atoms with E-state index < -0.39 is 26.6 Å². The van der Waals surface area contributed by atoms with E-state index in [-0.39, 0.29) is 22.2 Å². The van der Waals surface area contributed by atoms with Gasteiger partial charge in [0.2, 0.25) is 5.91 Å². The molecule has 2 unspecified atom stereocenters. The first-order chi connectivity index (χ1) is 8.30. The summed E-state index contributed by atoms with van der Waals surface area (Å²) in [5, 5.41) is 2.57. The van der Waals surface area contributed by atoms with Crippen molar-refractivity contribution in [2.24, 2.45) is 5.92 Å². The Morgan fingerprint density at radius 1 is 1.39 bits per heavy atom. The van der Waals surface area contributed by atoms with Crippen molar-refractivity contribution in [1.29, 1.82) is 0 Å². The van der Waals surface area contributed by atoms with E-state index in [4.69, 9.17) is 0 Å². The van der Waals surface area contributed by atoms with Crippen molar-refractivity contribution in [3.63, 3.8) is 0 Å². The molecule has 0 radical (unpaired) electrons. The van der Waals surface area contributed by atoms with Crippen molar-refractivity contribution in [2.45, 2.75) is 16.7 Å². The monoisotopic (exact) mass is 287 g/mol. The van der Waals surface area contributed by atoms with Gasteiger partial charge in [-0.1, -0.05) is 13.0 Å². The quantitative estimate of drug-likeness (QED) is 0.828. The lowest BCUT2D eigenvalue weighted by molar-refractivity contribution is -0.118. The van der Waals surface area contributed by atoms with Gasteiger partial charge < -0.3 is 5.32 Å². The third-order valence-corrected chi connectivity index (χ3v) is 5.50. The van der Waals surface area contributed by atoms with Gasteiger partial charge in [-0.15, -0.1) is 0 Å². The van der Waals surface area contributed by atoms with Crippen LogP contribution in [0.1, 0.15) is 6.92 Å². The lowest BCUT2D eigenvalue weighted by atomic mass is 10.2. The summed E-state index contributed by atoms with van der Waals surface area (Å²) in [4.78, 5) is 12.1. The van der Waals surface area contributed by atoms with Crippen molar-refractivity contribution in [3.8, 4) is 0 Å². The Morgan fingerprint density at radius 3 is 2.67 bits per heavy atom. The SMILES string of the molecule is CC1CS(=O)c2cccc(S(C)(=O)=O)c2NC1=O. The highest BCUT2D eigenvalue weighted by Gasteiger charge is 2.28. The summed E-state index contributed by atoms with van der Waals surface area (Å²) < 4.78 is 35.4. The minimum Gasteiger partial charge on any atom is -0.324 e. The maximum atomic E-state index is 12.1. The summed E-state index contributed by atoms with van der Waals surface area (Å²) in [6, 6.07) is 4.52. The zero-order valence-electron chi connectivity index (χ0n) is 9.97. The standard InChI is InChI=1S/C11H13NO4S2/c1-7-6-17(14)8-4-3-5-9(18(2,15)16)10(8)12-11(7)13/h3-5,7H,6H2,1-2H3,(H,12,13). The molecule has 0 saturated heterocycles. The number of amides is 1. The zero-order chi connectivity index (χ0) is 13.5. The van der Waals surface area contributed by atoms with Gasteiger partial charge in [0, 0.05) is 17.9 Å². The second kappa shape index (κ2) is 4.47. The van der Waals surface area contributed by atoms with Crippen molar-refractivity contribution >= 4 is 32.2 Å². The fourth-order valence-corrected chi connectivity index (χ4v) is 4.10. The number of hydrogen-bond acceptors (Lipinski definition) is 4. The van der Waals surface area contributed by atoms with E-state index in [0.29, 0.717) is 4.90 Å². The first kappa shape index (κ1) is 13.2. The predicted octanol–water partition coefficient (Wildman–Crippen LogP) is 0.786. The number of carbonyl (C=O) groups excluding carboxylic acids is 1. The van der Waals surface area contributed by atoms with Crippen LogP contribution in [0.3, 0.4) is 0 Å². The van der Waals surface area contributed by atoms with Crippen LogP contribution in [0.4, 0.5) is 5.69 Å². The van der Waals surface area contributed by atoms with Gasteiger partial charge in [0.1, 0.15) is 0 Å². The number of sulfone groups is 1. The predicted molar refractivity (Wildman–Crippen MR) is 68.6 cm³/mol. The van der Waals surface area contributed by atoms with E-state index >= 15 is 0 Å². The summed E-state index contributed by atoms with van der Waals surface area (Å²) in [6.07, 6.45) is 1.06. The molecular weight excluding hydrogens is 274 g/mol. The number of para-hydroxylation sites is 1. The summed E-state index contributed by atoms with van der Waals surface area (Å²) in [5.74, 6) is -0.518. The molecule has 98 valence electrons. The van der Waals surface area contributed by atoms with Crippen molar-refractivity contribution in [1.82, 2.24) is 0 Å². The Morgan fingerprint density at radius 2 is 2.06 bits per heavy atom.